The highest BCUT2D eigenvalue weighted by atomic mass is 16.4. The van der Waals surface area contributed by atoms with Gasteiger partial charge in [-0.05, 0) is 24.3 Å². The van der Waals surface area contributed by atoms with E-state index < -0.39 is 115 Å². The number of aliphatic carboxylic acids is 1. The van der Waals surface area contributed by atoms with Gasteiger partial charge in [0.25, 0.3) is 0 Å². The largest absolute Gasteiger partial charge is 0.480 e. The fourth-order valence-corrected chi connectivity index (χ4v) is 4.71. The van der Waals surface area contributed by atoms with E-state index in [1.807, 2.05) is 0 Å². The van der Waals surface area contributed by atoms with Gasteiger partial charge in [0.05, 0.1) is 19.5 Å². The number of amides is 9. The lowest BCUT2D eigenvalue weighted by Gasteiger charge is -2.28. The van der Waals surface area contributed by atoms with Gasteiger partial charge in [-0.1, -0.05) is 64.4 Å². The predicted octanol–water partition coefficient (Wildman–Crippen LogP) is -3.39. The first kappa shape index (κ1) is 46.7. The minimum atomic E-state index is -1.59. The Labute approximate surface area is 317 Å². The van der Waals surface area contributed by atoms with Crippen molar-refractivity contribution < 1.29 is 53.1 Å². The lowest BCUT2D eigenvalue weighted by atomic mass is 9.97. The van der Waals surface area contributed by atoms with Gasteiger partial charge in [-0.25, -0.2) is 4.79 Å². The standard InChI is InChI=1S/C35H51N9O11/c1-6-19(4)30(34(53)40-20(5)32(51)43-29(18(2)3)31(37)50)44-33(52)22(15-24(36)45)41-26(47)13-12-25(46)38-16-27(48)39-17-28(49)42-23(35(54)55)14-21-10-8-7-9-11-21/h7-13,18-20,22-23,29-30H,6,14-17H2,1-5H3,(H2,36,45)(H2,37,50)(H,38,46)(H,39,48)(H,40,53)(H,41,47)(H,42,49)(H,43,51)(H,44,52)(H,54,55)/b13-12+/t19-,20-,22-,23-,29-,30-/m0/s1. The number of benzene rings is 1. The monoisotopic (exact) mass is 773 g/mol. The summed E-state index contributed by atoms with van der Waals surface area (Å²) in [6.07, 6.45) is 1.13. The molecule has 0 bridgehead atoms. The average Bonchev–Trinajstić information content (AvgIpc) is 3.12. The summed E-state index contributed by atoms with van der Waals surface area (Å²) in [6.45, 7) is 6.86. The van der Waals surface area contributed by atoms with E-state index in [1.165, 1.54) is 6.92 Å². The van der Waals surface area contributed by atoms with Crippen LogP contribution in [-0.4, -0.2) is 108 Å². The predicted molar refractivity (Wildman–Crippen MR) is 196 cm³/mol. The van der Waals surface area contributed by atoms with Crippen LogP contribution in [0.3, 0.4) is 0 Å². The van der Waals surface area contributed by atoms with Crippen LogP contribution in [0.5, 0.6) is 0 Å². The third-order valence-electron chi connectivity index (χ3n) is 8.03. The van der Waals surface area contributed by atoms with E-state index in [4.69, 9.17) is 11.5 Å². The molecular weight excluding hydrogens is 722 g/mol. The van der Waals surface area contributed by atoms with Gasteiger partial charge in [0, 0.05) is 18.6 Å². The first-order chi connectivity index (χ1) is 25.7. The van der Waals surface area contributed by atoms with Crippen molar-refractivity contribution in [2.45, 2.75) is 84.1 Å². The van der Waals surface area contributed by atoms with Gasteiger partial charge in [0.1, 0.15) is 30.2 Å². The Balaban J connectivity index is 2.76. The number of rotatable bonds is 23. The quantitative estimate of drug-likeness (QED) is 0.0489. The molecule has 9 amide bonds. The number of nitrogens with one attached hydrogen (secondary N) is 7. The van der Waals surface area contributed by atoms with Crippen LogP contribution in [0.4, 0.5) is 0 Å². The van der Waals surface area contributed by atoms with Gasteiger partial charge in [-0.3, -0.25) is 43.2 Å². The maximum Gasteiger partial charge on any atom is 0.326 e. The number of primary amides is 2. The summed E-state index contributed by atoms with van der Waals surface area (Å²) in [6, 6.07) is 2.34. The van der Waals surface area contributed by atoms with Crippen LogP contribution in [-0.2, 0) is 54.4 Å². The van der Waals surface area contributed by atoms with Crippen molar-refractivity contribution in [1.29, 1.82) is 0 Å². The summed E-state index contributed by atoms with van der Waals surface area (Å²) in [5.74, 6) is -9.87. The second-order valence-electron chi connectivity index (χ2n) is 12.9. The summed E-state index contributed by atoms with van der Waals surface area (Å²) in [5, 5.41) is 25.7. The Morgan fingerprint density at radius 2 is 1.25 bits per heavy atom. The molecule has 0 unspecified atom stereocenters. The third-order valence-corrected chi connectivity index (χ3v) is 8.03. The van der Waals surface area contributed by atoms with Crippen LogP contribution >= 0.6 is 0 Å². The maximum absolute atomic E-state index is 13.2. The minimum Gasteiger partial charge on any atom is -0.480 e. The molecule has 20 heteroatoms. The van der Waals surface area contributed by atoms with Crippen molar-refractivity contribution in [2.24, 2.45) is 23.3 Å². The number of carbonyl (C=O) groups is 10. The minimum absolute atomic E-state index is 0.0109. The highest BCUT2D eigenvalue weighted by Gasteiger charge is 2.33. The van der Waals surface area contributed by atoms with Crippen molar-refractivity contribution in [3.8, 4) is 0 Å². The number of hydrogen-bond donors (Lipinski definition) is 10. The van der Waals surface area contributed by atoms with E-state index in [1.54, 1.807) is 58.0 Å². The smallest absolute Gasteiger partial charge is 0.326 e. The molecule has 20 nitrogen and oxygen atoms in total. The van der Waals surface area contributed by atoms with Gasteiger partial charge >= 0.3 is 5.97 Å². The second kappa shape index (κ2) is 23.4. The van der Waals surface area contributed by atoms with Gasteiger partial charge < -0.3 is 53.8 Å². The topological polar surface area (TPSA) is 327 Å². The molecule has 302 valence electrons. The molecule has 1 aromatic rings. The maximum atomic E-state index is 13.2. The third kappa shape index (κ3) is 17.8. The van der Waals surface area contributed by atoms with Crippen molar-refractivity contribution in [1.82, 2.24) is 37.2 Å². The molecular formula is C35H51N9O11. The van der Waals surface area contributed by atoms with Crippen LogP contribution in [0.15, 0.2) is 42.5 Å². The molecule has 0 aromatic heterocycles. The summed E-state index contributed by atoms with van der Waals surface area (Å²) in [4.78, 5) is 123. The number of carbonyl (C=O) groups excluding carboxylic acids is 9. The summed E-state index contributed by atoms with van der Waals surface area (Å²) in [5.41, 5.74) is 11.3. The Morgan fingerprint density at radius 1 is 0.673 bits per heavy atom. The average molecular weight is 774 g/mol. The van der Waals surface area contributed by atoms with E-state index in [-0.39, 0.29) is 12.3 Å². The van der Waals surface area contributed by atoms with E-state index in [2.05, 4.69) is 37.2 Å². The number of carboxylic acids is 1. The van der Waals surface area contributed by atoms with Crippen molar-refractivity contribution in [3.63, 3.8) is 0 Å². The van der Waals surface area contributed by atoms with Crippen LogP contribution in [0.1, 0.15) is 53.0 Å². The van der Waals surface area contributed by atoms with Crippen molar-refractivity contribution in [2.75, 3.05) is 13.1 Å². The molecule has 0 heterocycles. The molecule has 0 aliphatic carbocycles. The highest BCUT2D eigenvalue weighted by molar-refractivity contribution is 6.01. The number of nitrogens with two attached hydrogens (primary N) is 2. The first-order valence-electron chi connectivity index (χ1n) is 17.3. The zero-order valence-electron chi connectivity index (χ0n) is 31.3. The first-order valence-corrected chi connectivity index (χ1v) is 17.3. The second-order valence-corrected chi connectivity index (χ2v) is 12.9. The molecule has 0 fully saturated rings. The van der Waals surface area contributed by atoms with Crippen LogP contribution < -0.4 is 48.7 Å². The fourth-order valence-electron chi connectivity index (χ4n) is 4.71. The van der Waals surface area contributed by atoms with Gasteiger partial charge in [0.2, 0.25) is 53.2 Å². The van der Waals surface area contributed by atoms with E-state index in [0.717, 1.165) is 6.08 Å². The van der Waals surface area contributed by atoms with E-state index in [9.17, 15) is 53.1 Å². The molecule has 0 aliphatic heterocycles. The van der Waals surface area contributed by atoms with Crippen LogP contribution in [0.25, 0.3) is 0 Å². The molecule has 0 spiro atoms. The van der Waals surface area contributed by atoms with Gasteiger partial charge in [-0.2, -0.15) is 0 Å². The molecule has 0 saturated carbocycles. The Kier molecular flexibility index (Phi) is 19.8. The zero-order valence-corrected chi connectivity index (χ0v) is 31.3. The molecule has 0 aliphatic rings. The number of carboxylic acid groups (broad SMARTS) is 1. The summed E-state index contributed by atoms with van der Waals surface area (Å²) < 4.78 is 0. The van der Waals surface area contributed by atoms with Gasteiger partial charge in [-0.15, -0.1) is 0 Å². The Morgan fingerprint density at radius 3 is 1.80 bits per heavy atom. The van der Waals surface area contributed by atoms with Gasteiger partial charge in [0.15, 0.2) is 0 Å². The van der Waals surface area contributed by atoms with Crippen molar-refractivity contribution in [3.05, 3.63) is 48.0 Å². The molecule has 1 aromatic carbocycles. The van der Waals surface area contributed by atoms with Crippen LogP contribution in [0.2, 0.25) is 0 Å². The molecule has 6 atom stereocenters. The molecule has 55 heavy (non-hydrogen) atoms. The van der Waals surface area contributed by atoms with Crippen molar-refractivity contribution >= 4 is 59.1 Å². The van der Waals surface area contributed by atoms with E-state index >= 15 is 0 Å². The molecule has 0 saturated heterocycles. The van der Waals surface area contributed by atoms with Crippen LogP contribution in [0, 0.1) is 11.8 Å². The SMILES string of the molecule is CC[C@H](C)[C@H](NC(=O)[C@H](CC(N)=O)NC(=O)/C=C/C(=O)NCC(=O)NCC(=O)N[C@@H](Cc1ccccc1)C(=O)O)C(=O)N[C@@H](C)C(=O)N[C@H](C(N)=O)C(C)C. The number of hydrogen-bond acceptors (Lipinski definition) is 10. The molecule has 1 rings (SSSR count). The Bertz CT molecular complexity index is 1600. The van der Waals surface area contributed by atoms with E-state index in [0.29, 0.717) is 18.1 Å². The molecule has 12 N–H and O–H groups in total. The lowest BCUT2D eigenvalue weighted by molar-refractivity contribution is -0.141. The summed E-state index contributed by atoms with van der Waals surface area (Å²) >= 11 is 0. The highest BCUT2D eigenvalue weighted by Crippen LogP contribution is 2.10. The fraction of sp³-hybridized carbons (Fsp3) is 0.486. The lowest BCUT2D eigenvalue weighted by Crippen LogP contribution is -2.59. The summed E-state index contributed by atoms with van der Waals surface area (Å²) in [7, 11) is 0. The normalized spacial score (nSPS) is 14.1. The molecule has 0 radical (unpaired) electrons. The Hall–Kier alpha value is -6.34. The zero-order chi connectivity index (χ0) is 41.8.